The van der Waals surface area contributed by atoms with Gasteiger partial charge in [0.05, 0.1) is 0 Å². The molecule has 0 atom stereocenters. The van der Waals surface area contributed by atoms with Gasteiger partial charge in [0, 0.05) is 25.6 Å². The Hall–Kier alpha value is -2.00. The van der Waals surface area contributed by atoms with Crippen LogP contribution in [-0.2, 0) is 14.8 Å². The van der Waals surface area contributed by atoms with Crippen molar-refractivity contribution >= 4 is 21.8 Å². The smallest absolute Gasteiger partial charge is 0.269 e. The number of carbonyl (C=O) groups is 2. The van der Waals surface area contributed by atoms with Gasteiger partial charge in [0.25, 0.3) is 5.91 Å². The van der Waals surface area contributed by atoms with Crippen molar-refractivity contribution in [3.63, 3.8) is 0 Å². The van der Waals surface area contributed by atoms with Crippen molar-refractivity contribution in [3.05, 3.63) is 29.6 Å². The fourth-order valence-electron chi connectivity index (χ4n) is 1.76. The molecule has 7 nitrogen and oxygen atoms in total. The third-order valence-electron chi connectivity index (χ3n) is 2.87. The fraction of sp³-hybridized carbons (Fsp3) is 0.385. The van der Waals surface area contributed by atoms with Crippen LogP contribution in [-0.4, -0.2) is 37.6 Å². The zero-order chi connectivity index (χ0) is 16.9. The number of nitrogens with one attached hydrogen (secondary N) is 2. The number of amides is 2. The van der Waals surface area contributed by atoms with Gasteiger partial charge in [-0.1, -0.05) is 13.8 Å². The van der Waals surface area contributed by atoms with Crippen molar-refractivity contribution in [3.8, 4) is 0 Å². The molecule has 0 bridgehead atoms. The second kappa shape index (κ2) is 7.32. The van der Waals surface area contributed by atoms with Gasteiger partial charge in [-0.2, -0.15) is 4.31 Å². The normalized spacial score (nSPS) is 11.3. The third kappa shape index (κ3) is 4.01. The van der Waals surface area contributed by atoms with Gasteiger partial charge in [-0.15, -0.1) is 0 Å². The number of nitrogens with zero attached hydrogens (tertiary/aromatic N) is 1. The summed E-state index contributed by atoms with van der Waals surface area (Å²) >= 11 is 0. The molecule has 0 fully saturated rings. The highest BCUT2D eigenvalue weighted by Gasteiger charge is 2.26. The molecule has 0 saturated carbocycles. The van der Waals surface area contributed by atoms with E-state index in [-0.39, 0.29) is 18.7 Å². The van der Waals surface area contributed by atoms with Crippen molar-refractivity contribution in [2.24, 2.45) is 0 Å². The summed E-state index contributed by atoms with van der Waals surface area (Å²) in [5.74, 6) is -2.18. The van der Waals surface area contributed by atoms with Gasteiger partial charge < -0.3 is 0 Å². The Bertz CT molecular complexity index is 672. The molecule has 0 aliphatic heterocycles. The first kappa shape index (κ1) is 18.1. The van der Waals surface area contributed by atoms with E-state index < -0.39 is 32.6 Å². The number of sulfonamides is 1. The lowest BCUT2D eigenvalue weighted by atomic mass is 10.2. The average Bonchev–Trinajstić information content (AvgIpc) is 2.45. The molecule has 2 N–H and O–H groups in total. The summed E-state index contributed by atoms with van der Waals surface area (Å²) < 4.78 is 39.6. The molecule has 1 rings (SSSR count). The van der Waals surface area contributed by atoms with Crippen molar-refractivity contribution < 1.29 is 22.4 Å². The summed E-state index contributed by atoms with van der Waals surface area (Å²) in [4.78, 5) is 22.0. The Labute approximate surface area is 128 Å². The lowest BCUT2D eigenvalue weighted by Crippen LogP contribution is -2.40. The van der Waals surface area contributed by atoms with Crippen LogP contribution in [0.15, 0.2) is 23.1 Å². The number of hydrogen-bond donors (Lipinski definition) is 2. The summed E-state index contributed by atoms with van der Waals surface area (Å²) in [6, 6.07) is 2.98. The van der Waals surface area contributed by atoms with E-state index in [9.17, 15) is 22.4 Å². The largest absolute Gasteiger partial charge is 0.274 e. The number of carbonyl (C=O) groups excluding carboxylic acids is 2. The van der Waals surface area contributed by atoms with Crippen molar-refractivity contribution in [2.75, 3.05) is 13.1 Å². The van der Waals surface area contributed by atoms with E-state index >= 15 is 0 Å². The predicted molar refractivity (Wildman–Crippen MR) is 77.8 cm³/mol. The lowest BCUT2D eigenvalue weighted by molar-refractivity contribution is -0.119. The molecule has 0 radical (unpaired) electrons. The number of rotatable bonds is 5. The maximum absolute atomic E-state index is 13.9. The van der Waals surface area contributed by atoms with E-state index in [2.05, 4.69) is 10.9 Å². The zero-order valence-electron chi connectivity index (χ0n) is 12.5. The Morgan fingerprint density at radius 2 is 1.77 bits per heavy atom. The van der Waals surface area contributed by atoms with Crippen LogP contribution in [0.2, 0.25) is 0 Å². The van der Waals surface area contributed by atoms with Crippen molar-refractivity contribution in [2.45, 2.75) is 25.7 Å². The molecule has 0 aliphatic carbocycles. The highest BCUT2D eigenvalue weighted by Crippen LogP contribution is 2.20. The van der Waals surface area contributed by atoms with Gasteiger partial charge in [0.1, 0.15) is 10.7 Å². The molecule has 0 aromatic heterocycles. The van der Waals surface area contributed by atoms with Crippen LogP contribution in [0.1, 0.15) is 31.1 Å². The van der Waals surface area contributed by atoms with Gasteiger partial charge in [-0.25, -0.2) is 12.8 Å². The molecular weight excluding hydrogens is 313 g/mol. The predicted octanol–water partition coefficient (Wildman–Crippen LogP) is 0.637. The quantitative estimate of drug-likeness (QED) is 0.774. The van der Waals surface area contributed by atoms with Crippen LogP contribution in [0.25, 0.3) is 0 Å². The molecule has 1 aromatic carbocycles. The van der Waals surface area contributed by atoms with Crippen LogP contribution < -0.4 is 10.9 Å². The van der Waals surface area contributed by atoms with Crippen LogP contribution in [0.4, 0.5) is 4.39 Å². The maximum atomic E-state index is 13.9. The van der Waals surface area contributed by atoms with Crippen molar-refractivity contribution in [1.29, 1.82) is 0 Å². The standard InChI is InChI=1S/C13H18FN3O4S/c1-4-17(5-2)22(20,21)12-8-10(6-7-11(12)14)13(19)16-15-9(3)18/h6-8H,4-5H2,1-3H3,(H,15,18)(H,16,19). The average molecular weight is 331 g/mol. The van der Waals surface area contributed by atoms with Gasteiger partial charge in [-0.05, 0) is 18.2 Å². The third-order valence-corrected chi connectivity index (χ3v) is 4.93. The highest BCUT2D eigenvalue weighted by atomic mass is 32.2. The second-order valence-corrected chi connectivity index (χ2v) is 6.28. The minimum Gasteiger partial charge on any atom is -0.274 e. The Kier molecular flexibility index (Phi) is 6.01. The lowest BCUT2D eigenvalue weighted by Gasteiger charge is -2.19. The fourth-order valence-corrected chi connectivity index (χ4v) is 3.31. The van der Waals surface area contributed by atoms with E-state index in [0.717, 1.165) is 22.5 Å². The molecule has 9 heteroatoms. The summed E-state index contributed by atoms with van der Waals surface area (Å²) in [7, 11) is -4.03. The van der Waals surface area contributed by atoms with E-state index in [1.165, 1.54) is 6.92 Å². The Morgan fingerprint density at radius 1 is 1.18 bits per heavy atom. The summed E-state index contributed by atoms with van der Waals surface area (Å²) in [5.41, 5.74) is 4.07. The van der Waals surface area contributed by atoms with Crippen LogP contribution in [0.5, 0.6) is 0 Å². The van der Waals surface area contributed by atoms with Crippen molar-refractivity contribution in [1.82, 2.24) is 15.2 Å². The van der Waals surface area contributed by atoms with Gasteiger partial charge in [0.15, 0.2) is 0 Å². The van der Waals surface area contributed by atoms with Crippen LogP contribution in [0, 0.1) is 5.82 Å². The first-order valence-electron chi connectivity index (χ1n) is 6.60. The van der Waals surface area contributed by atoms with Crippen LogP contribution in [0.3, 0.4) is 0 Å². The Morgan fingerprint density at radius 3 is 2.27 bits per heavy atom. The van der Waals surface area contributed by atoms with E-state index in [1.54, 1.807) is 13.8 Å². The van der Waals surface area contributed by atoms with E-state index in [1.807, 2.05) is 0 Å². The molecule has 0 spiro atoms. The minimum absolute atomic E-state index is 0.0825. The monoisotopic (exact) mass is 331 g/mol. The van der Waals surface area contributed by atoms with Gasteiger partial charge >= 0.3 is 0 Å². The summed E-state index contributed by atoms with van der Waals surface area (Å²) in [6.45, 7) is 4.82. The topological polar surface area (TPSA) is 95.6 Å². The first-order chi connectivity index (χ1) is 10.2. The SMILES string of the molecule is CCN(CC)S(=O)(=O)c1cc(C(=O)NNC(C)=O)ccc1F. The second-order valence-electron chi connectivity index (χ2n) is 4.37. The number of hydrazine groups is 1. The zero-order valence-corrected chi connectivity index (χ0v) is 13.3. The molecule has 0 saturated heterocycles. The van der Waals surface area contributed by atoms with E-state index in [0.29, 0.717) is 0 Å². The number of hydrogen-bond acceptors (Lipinski definition) is 4. The minimum atomic E-state index is -4.03. The summed E-state index contributed by atoms with van der Waals surface area (Å²) in [5, 5.41) is 0. The molecule has 2 amide bonds. The molecule has 22 heavy (non-hydrogen) atoms. The molecule has 1 aromatic rings. The van der Waals surface area contributed by atoms with Gasteiger partial charge in [-0.3, -0.25) is 20.4 Å². The Balaban J connectivity index is 3.20. The molecular formula is C13H18FN3O4S. The highest BCUT2D eigenvalue weighted by molar-refractivity contribution is 7.89. The van der Waals surface area contributed by atoms with Crippen LogP contribution >= 0.6 is 0 Å². The first-order valence-corrected chi connectivity index (χ1v) is 8.04. The van der Waals surface area contributed by atoms with E-state index in [4.69, 9.17) is 0 Å². The number of halogens is 1. The van der Waals surface area contributed by atoms with Gasteiger partial charge in [0.2, 0.25) is 15.9 Å². The molecule has 0 heterocycles. The summed E-state index contributed by atoms with van der Waals surface area (Å²) in [6.07, 6.45) is 0. The molecule has 0 unspecified atom stereocenters. The maximum Gasteiger partial charge on any atom is 0.269 e. The molecule has 0 aliphatic rings. The molecule has 122 valence electrons. The number of benzene rings is 1.